The van der Waals surface area contributed by atoms with Gasteiger partial charge in [0.05, 0.1) is 25.4 Å². The average molecular weight is 1060 g/mol. The highest BCUT2D eigenvalue weighted by atomic mass is 16.7. The van der Waals surface area contributed by atoms with Gasteiger partial charge in [-0.1, -0.05) is 294 Å². The van der Waals surface area contributed by atoms with Crippen molar-refractivity contribution in [2.75, 3.05) is 13.2 Å². The zero-order valence-electron chi connectivity index (χ0n) is 49.3. The van der Waals surface area contributed by atoms with E-state index in [4.69, 9.17) is 9.47 Å². The topological polar surface area (TPSA) is 149 Å². The second-order valence-electron chi connectivity index (χ2n) is 22.9. The van der Waals surface area contributed by atoms with Crippen LogP contribution in [0.25, 0.3) is 0 Å². The number of carbonyl (C=O) groups excluding carboxylic acids is 1. The molecule has 6 N–H and O–H groups in total. The molecule has 0 saturated carbocycles. The van der Waals surface area contributed by atoms with Gasteiger partial charge in [-0.05, 0) is 57.8 Å². The quantitative estimate of drug-likeness (QED) is 0.0261. The molecule has 1 saturated heterocycles. The smallest absolute Gasteiger partial charge is 0.220 e. The van der Waals surface area contributed by atoms with E-state index in [0.29, 0.717) is 6.42 Å². The molecule has 9 nitrogen and oxygen atoms in total. The van der Waals surface area contributed by atoms with Crippen LogP contribution >= 0.6 is 0 Å². The van der Waals surface area contributed by atoms with Gasteiger partial charge in [-0.15, -0.1) is 0 Å². The molecule has 442 valence electrons. The Morgan fingerprint density at radius 3 is 1.12 bits per heavy atom. The normalized spacial score (nSPS) is 19.1. The molecule has 1 aliphatic rings. The van der Waals surface area contributed by atoms with E-state index in [2.05, 4.69) is 43.5 Å². The van der Waals surface area contributed by atoms with Crippen LogP contribution in [0.5, 0.6) is 0 Å². The van der Waals surface area contributed by atoms with E-state index in [1.807, 2.05) is 6.08 Å². The summed E-state index contributed by atoms with van der Waals surface area (Å²) in [6.45, 7) is 3.81. The number of aliphatic hydroxyl groups is 5. The Balaban J connectivity index is 2.17. The maximum atomic E-state index is 13.1. The van der Waals surface area contributed by atoms with E-state index in [0.717, 1.165) is 38.5 Å². The number of hydrogen-bond acceptors (Lipinski definition) is 8. The Labute approximate surface area is 463 Å². The molecule has 0 aromatic heterocycles. The van der Waals surface area contributed by atoms with Gasteiger partial charge in [0.15, 0.2) is 6.29 Å². The van der Waals surface area contributed by atoms with Crippen LogP contribution in [0.2, 0.25) is 0 Å². The van der Waals surface area contributed by atoms with Crippen molar-refractivity contribution in [2.45, 2.75) is 365 Å². The first-order chi connectivity index (χ1) is 36.8. The summed E-state index contributed by atoms with van der Waals surface area (Å²) in [5.74, 6) is -0.181. The van der Waals surface area contributed by atoms with Crippen LogP contribution in [0.4, 0.5) is 0 Å². The van der Waals surface area contributed by atoms with E-state index in [9.17, 15) is 30.3 Å². The van der Waals surface area contributed by atoms with Crippen molar-refractivity contribution in [1.82, 2.24) is 5.32 Å². The molecule has 0 radical (unpaired) electrons. The van der Waals surface area contributed by atoms with Crippen LogP contribution in [0, 0.1) is 0 Å². The maximum absolute atomic E-state index is 13.1. The number of aliphatic hydroxyl groups excluding tert-OH is 5. The fourth-order valence-corrected chi connectivity index (χ4v) is 10.5. The van der Waals surface area contributed by atoms with E-state index >= 15 is 0 Å². The van der Waals surface area contributed by atoms with E-state index in [-0.39, 0.29) is 12.5 Å². The van der Waals surface area contributed by atoms with Gasteiger partial charge in [0.25, 0.3) is 0 Å². The number of rotatable bonds is 57. The second-order valence-corrected chi connectivity index (χ2v) is 22.9. The number of ether oxygens (including phenoxy) is 2. The Kier molecular flexibility index (Phi) is 53.1. The van der Waals surface area contributed by atoms with Gasteiger partial charge in [-0.3, -0.25) is 4.79 Å². The standard InChI is InChI=1S/C66H125NO8/c1-3-5-7-9-11-13-15-17-19-21-23-25-27-28-29-30-31-32-34-36-38-40-42-44-46-48-50-52-54-56-62(70)67-59(58-74-66-65(73)64(72)63(71)61(57-68)75-66)60(69)55-53-51-49-47-45-43-41-39-37-35-33-26-24-22-20-18-16-14-12-10-8-6-4-2/h21,23,45,47,53,55,59-61,63-66,68-69,71-73H,3-20,22,24-44,46,48-52,54,56-58H2,1-2H3,(H,67,70)/b23-21-,47-45+,55-53+. The molecule has 0 aliphatic carbocycles. The lowest BCUT2D eigenvalue weighted by atomic mass is 9.99. The van der Waals surface area contributed by atoms with Crippen LogP contribution in [0.15, 0.2) is 36.5 Å². The molecule has 7 atom stereocenters. The predicted octanol–water partition coefficient (Wildman–Crippen LogP) is 17.1. The molecule has 1 rings (SSSR count). The Morgan fingerprint density at radius 1 is 0.440 bits per heavy atom. The second kappa shape index (κ2) is 55.7. The minimum atomic E-state index is -1.57. The SMILES string of the molecule is CCCCCCCCCC/C=C\CCCCCCCCCCCCCCCCCCCC(=O)NC(COC1OC(CO)C(O)C(O)C1O)C(O)/C=C/CC/C=C/CCCCCCCCCCCCCCCCCCC. The molecular weight excluding hydrogens is 935 g/mol. The summed E-state index contributed by atoms with van der Waals surface area (Å²) in [5.41, 5.74) is 0. The molecule has 1 amide bonds. The summed E-state index contributed by atoms with van der Waals surface area (Å²) in [4.78, 5) is 13.1. The van der Waals surface area contributed by atoms with Gasteiger partial charge in [-0.25, -0.2) is 0 Å². The minimum Gasteiger partial charge on any atom is -0.394 e. The highest BCUT2D eigenvalue weighted by Gasteiger charge is 2.44. The number of unbranched alkanes of at least 4 members (excludes halogenated alkanes) is 43. The zero-order valence-corrected chi connectivity index (χ0v) is 49.3. The minimum absolute atomic E-state index is 0.181. The number of nitrogens with one attached hydrogen (secondary N) is 1. The Morgan fingerprint density at radius 2 is 0.760 bits per heavy atom. The highest BCUT2D eigenvalue weighted by molar-refractivity contribution is 5.76. The van der Waals surface area contributed by atoms with Crippen molar-refractivity contribution in [1.29, 1.82) is 0 Å². The van der Waals surface area contributed by atoms with Crippen LogP contribution in [0.1, 0.15) is 322 Å². The van der Waals surface area contributed by atoms with E-state index in [1.54, 1.807) is 6.08 Å². The summed E-state index contributed by atoms with van der Waals surface area (Å²) < 4.78 is 11.3. The van der Waals surface area contributed by atoms with E-state index < -0.39 is 49.5 Å². The molecule has 9 heteroatoms. The van der Waals surface area contributed by atoms with Crippen molar-refractivity contribution in [3.05, 3.63) is 36.5 Å². The van der Waals surface area contributed by atoms with Crippen LogP contribution in [-0.2, 0) is 14.3 Å². The van der Waals surface area contributed by atoms with Crippen molar-refractivity contribution >= 4 is 5.91 Å². The molecule has 7 unspecified atom stereocenters. The van der Waals surface area contributed by atoms with Gasteiger partial charge in [0.2, 0.25) is 5.91 Å². The maximum Gasteiger partial charge on any atom is 0.220 e. The lowest BCUT2D eigenvalue weighted by Gasteiger charge is -2.40. The van der Waals surface area contributed by atoms with Crippen molar-refractivity contribution in [3.63, 3.8) is 0 Å². The fraction of sp³-hybridized carbons (Fsp3) is 0.894. The van der Waals surface area contributed by atoms with Crippen molar-refractivity contribution in [3.8, 4) is 0 Å². The third kappa shape index (κ3) is 44.9. The van der Waals surface area contributed by atoms with Crippen molar-refractivity contribution < 1.29 is 39.8 Å². The first-order valence-corrected chi connectivity index (χ1v) is 32.7. The highest BCUT2D eigenvalue weighted by Crippen LogP contribution is 2.23. The van der Waals surface area contributed by atoms with Gasteiger partial charge in [0, 0.05) is 6.42 Å². The molecule has 0 aromatic rings. The molecule has 0 bridgehead atoms. The Hall–Kier alpha value is -1.59. The number of carbonyl (C=O) groups is 1. The van der Waals surface area contributed by atoms with Gasteiger partial charge in [-0.2, -0.15) is 0 Å². The monoisotopic (exact) mass is 1060 g/mol. The molecule has 1 aliphatic heterocycles. The molecule has 0 aromatic carbocycles. The van der Waals surface area contributed by atoms with Crippen LogP contribution < -0.4 is 5.32 Å². The fourth-order valence-electron chi connectivity index (χ4n) is 10.5. The third-order valence-electron chi connectivity index (χ3n) is 15.7. The van der Waals surface area contributed by atoms with E-state index in [1.165, 1.54) is 263 Å². The summed E-state index contributed by atoms with van der Waals surface area (Å²) >= 11 is 0. The number of allylic oxidation sites excluding steroid dienone is 5. The summed E-state index contributed by atoms with van der Waals surface area (Å²) in [5, 5.41) is 54.6. The lowest BCUT2D eigenvalue weighted by molar-refractivity contribution is -0.302. The van der Waals surface area contributed by atoms with Crippen molar-refractivity contribution in [2.24, 2.45) is 0 Å². The molecule has 75 heavy (non-hydrogen) atoms. The number of amides is 1. The molecule has 1 fully saturated rings. The molecule has 1 heterocycles. The van der Waals surface area contributed by atoms with Crippen LogP contribution in [-0.4, -0.2) is 87.5 Å². The zero-order chi connectivity index (χ0) is 54.3. The lowest BCUT2D eigenvalue weighted by Crippen LogP contribution is -2.60. The average Bonchev–Trinajstić information content (AvgIpc) is 3.41. The Bertz CT molecular complexity index is 1270. The first kappa shape index (κ1) is 71.4. The van der Waals surface area contributed by atoms with Gasteiger partial charge in [0.1, 0.15) is 24.4 Å². The number of hydrogen-bond donors (Lipinski definition) is 6. The molecule has 0 spiro atoms. The predicted molar refractivity (Wildman–Crippen MR) is 318 cm³/mol. The summed E-state index contributed by atoms with van der Waals surface area (Å²) in [6, 6.07) is -0.821. The van der Waals surface area contributed by atoms with Gasteiger partial charge < -0.3 is 40.3 Å². The first-order valence-electron chi connectivity index (χ1n) is 32.7. The van der Waals surface area contributed by atoms with Gasteiger partial charge >= 0.3 is 0 Å². The van der Waals surface area contributed by atoms with Crippen LogP contribution in [0.3, 0.4) is 0 Å². The third-order valence-corrected chi connectivity index (χ3v) is 15.7. The molecular formula is C66H125NO8. The summed E-state index contributed by atoms with van der Waals surface area (Å²) in [7, 11) is 0. The summed E-state index contributed by atoms with van der Waals surface area (Å²) in [6.07, 6.45) is 66.7. The largest absolute Gasteiger partial charge is 0.394 e.